The molecule has 0 atom stereocenters. The number of nitriles is 1. The van der Waals surface area contributed by atoms with Crippen molar-refractivity contribution in [3.8, 4) is 6.07 Å². The van der Waals surface area contributed by atoms with E-state index in [-0.39, 0.29) is 5.70 Å². The minimum Gasteiger partial charge on any atom is -0.383 e. The molecule has 0 aliphatic carbocycles. The van der Waals surface area contributed by atoms with Gasteiger partial charge in [-0.2, -0.15) is 5.26 Å². The lowest BCUT2D eigenvalue weighted by molar-refractivity contribution is 0.402. The van der Waals surface area contributed by atoms with Gasteiger partial charge < -0.3 is 10.6 Å². The van der Waals surface area contributed by atoms with Gasteiger partial charge in [0.25, 0.3) is 0 Å². The maximum absolute atomic E-state index is 8.79. The second kappa shape index (κ2) is 5.66. The first kappa shape index (κ1) is 12.7. The highest BCUT2D eigenvalue weighted by Gasteiger charge is 2.07. The third-order valence-corrected chi connectivity index (χ3v) is 2.31. The topological polar surface area (TPSA) is 78.3 Å². The normalized spacial score (nSPS) is 11.4. The average molecular weight is 229 g/mol. The largest absolute Gasteiger partial charge is 0.383 e. The molecule has 1 heterocycles. The van der Waals surface area contributed by atoms with Crippen LogP contribution in [-0.4, -0.2) is 23.6 Å². The van der Waals surface area contributed by atoms with Crippen LogP contribution in [0.1, 0.15) is 11.3 Å². The van der Waals surface area contributed by atoms with Gasteiger partial charge in [0.05, 0.1) is 0 Å². The quantitative estimate of drug-likeness (QED) is 0.621. The number of aliphatic imine (C=N–C) groups is 1. The Kier molecular flexibility index (Phi) is 4.23. The molecule has 0 saturated carbocycles. The lowest BCUT2D eigenvalue weighted by atomic mass is 10.2. The molecule has 1 rings (SSSR count). The number of hydrogen-bond acceptors (Lipinski definition) is 5. The molecule has 0 saturated heterocycles. The van der Waals surface area contributed by atoms with Gasteiger partial charge in [-0.3, -0.25) is 4.98 Å². The number of nitrogens with two attached hydrogens (primary N) is 1. The number of aryl methyl sites for hydroxylation is 1. The van der Waals surface area contributed by atoms with Crippen LogP contribution in [0.25, 0.3) is 0 Å². The van der Waals surface area contributed by atoms with Crippen LogP contribution in [0.5, 0.6) is 0 Å². The highest BCUT2D eigenvalue weighted by atomic mass is 15.2. The summed E-state index contributed by atoms with van der Waals surface area (Å²) in [6.07, 6.45) is 1.78. The first-order valence-corrected chi connectivity index (χ1v) is 5.07. The molecule has 5 heteroatoms. The summed E-state index contributed by atoms with van der Waals surface area (Å²) >= 11 is 0. The molecule has 88 valence electrons. The molecule has 0 radical (unpaired) electrons. The summed E-state index contributed by atoms with van der Waals surface area (Å²) in [5.74, 6) is 0.308. The number of allylic oxidation sites excluding steroid dienone is 1. The molecule has 0 aromatic carbocycles. The van der Waals surface area contributed by atoms with Gasteiger partial charge in [-0.15, -0.1) is 0 Å². The van der Waals surface area contributed by atoms with E-state index in [2.05, 4.69) is 16.7 Å². The van der Waals surface area contributed by atoms with E-state index in [9.17, 15) is 0 Å². The Morgan fingerprint density at radius 2 is 2.35 bits per heavy atom. The van der Waals surface area contributed by atoms with Crippen molar-refractivity contribution in [3.05, 3.63) is 41.1 Å². The van der Waals surface area contributed by atoms with Crippen LogP contribution in [-0.2, 0) is 6.54 Å². The fourth-order valence-corrected chi connectivity index (χ4v) is 1.31. The third-order valence-electron chi connectivity index (χ3n) is 2.31. The summed E-state index contributed by atoms with van der Waals surface area (Å²) in [5, 5.41) is 8.79. The molecule has 0 aliphatic rings. The van der Waals surface area contributed by atoms with E-state index >= 15 is 0 Å². The minimum absolute atomic E-state index is 0.132. The summed E-state index contributed by atoms with van der Waals surface area (Å²) in [4.78, 5) is 9.50. The highest BCUT2D eigenvalue weighted by Crippen LogP contribution is 2.08. The van der Waals surface area contributed by atoms with Gasteiger partial charge in [-0.1, -0.05) is 6.07 Å². The molecule has 0 bridgehead atoms. The van der Waals surface area contributed by atoms with E-state index in [1.165, 1.54) is 0 Å². The van der Waals surface area contributed by atoms with Crippen LogP contribution in [0.15, 0.2) is 34.8 Å². The van der Waals surface area contributed by atoms with Crippen molar-refractivity contribution < 1.29 is 0 Å². The Morgan fingerprint density at radius 3 is 2.82 bits per heavy atom. The van der Waals surface area contributed by atoms with Crippen molar-refractivity contribution in [2.24, 2.45) is 10.7 Å². The van der Waals surface area contributed by atoms with Crippen LogP contribution >= 0.6 is 0 Å². The number of pyridine rings is 1. The predicted molar refractivity (Wildman–Crippen MR) is 66.8 cm³/mol. The van der Waals surface area contributed by atoms with Crippen LogP contribution in [0, 0.1) is 18.3 Å². The molecular weight excluding hydrogens is 214 g/mol. The molecule has 1 aromatic rings. The summed E-state index contributed by atoms with van der Waals surface area (Å²) in [7, 11) is 1.79. The maximum atomic E-state index is 8.79. The van der Waals surface area contributed by atoms with E-state index < -0.39 is 0 Å². The second-order valence-electron chi connectivity index (χ2n) is 3.67. The number of aromatic nitrogens is 1. The molecule has 1 aromatic heterocycles. The Hall–Kier alpha value is -2.35. The summed E-state index contributed by atoms with van der Waals surface area (Å²) < 4.78 is 0. The summed E-state index contributed by atoms with van der Waals surface area (Å²) in [6, 6.07) is 5.80. The van der Waals surface area contributed by atoms with E-state index in [0.717, 1.165) is 11.3 Å². The van der Waals surface area contributed by atoms with Gasteiger partial charge in [-0.25, -0.2) is 4.99 Å². The van der Waals surface area contributed by atoms with E-state index in [4.69, 9.17) is 11.0 Å². The lowest BCUT2D eigenvalue weighted by Crippen LogP contribution is -2.24. The monoisotopic (exact) mass is 229 g/mol. The van der Waals surface area contributed by atoms with Crippen molar-refractivity contribution in [3.63, 3.8) is 0 Å². The van der Waals surface area contributed by atoms with Gasteiger partial charge in [0, 0.05) is 25.5 Å². The third kappa shape index (κ3) is 3.31. The second-order valence-corrected chi connectivity index (χ2v) is 3.67. The molecule has 0 unspecified atom stereocenters. The maximum Gasteiger partial charge on any atom is 0.179 e. The molecule has 0 spiro atoms. The standard InChI is InChI=1S/C12H15N5/c1-9-4-5-10(7-16-9)8-17(3)12(14)11(6-13)15-2/h4-5,7H,2,8,14H2,1,3H3/b12-11-. The lowest BCUT2D eigenvalue weighted by Gasteiger charge is -2.19. The Labute approximate surface area is 101 Å². The van der Waals surface area contributed by atoms with Crippen LogP contribution in [0.3, 0.4) is 0 Å². The highest BCUT2D eigenvalue weighted by molar-refractivity contribution is 5.36. The number of hydrogen-bond donors (Lipinski definition) is 1. The van der Waals surface area contributed by atoms with Crippen LogP contribution in [0.4, 0.5) is 0 Å². The molecule has 0 aliphatic heterocycles. The van der Waals surface area contributed by atoms with Crippen molar-refractivity contribution in [1.82, 2.24) is 9.88 Å². The molecule has 2 N–H and O–H groups in total. The molecule has 17 heavy (non-hydrogen) atoms. The zero-order valence-corrected chi connectivity index (χ0v) is 10.0. The van der Waals surface area contributed by atoms with Crippen molar-refractivity contribution in [2.45, 2.75) is 13.5 Å². The smallest absolute Gasteiger partial charge is 0.179 e. The van der Waals surface area contributed by atoms with Crippen molar-refractivity contribution >= 4 is 6.72 Å². The first-order chi connectivity index (χ1) is 8.08. The molecule has 0 amide bonds. The van der Waals surface area contributed by atoms with E-state index in [1.54, 1.807) is 18.1 Å². The SMILES string of the molecule is C=N/C(C#N)=C(/N)N(C)Cc1ccc(C)nc1. The van der Waals surface area contributed by atoms with Gasteiger partial charge >= 0.3 is 0 Å². The van der Waals surface area contributed by atoms with Gasteiger partial charge in [0.1, 0.15) is 11.9 Å². The zero-order valence-electron chi connectivity index (χ0n) is 10.0. The average Bonchev–Trinajstić information content (AvgIpc) is 2.33. The zero-order chi connectivity index (χ0) is 12.8. The fraction of sp³-hybridized carbons (Fsp3) is 0.250. The number of nitrogens with zero attached hydrogens (tertiary/aromatic N) is 4. The Morgan fingerprint density at radius 1 is 1.65 bits per heavy atom. The van der Waals surface area contributed by atoms with Crippen LogP contribution < -0.4 is 5.73 Å². The first-order valence-electron chi connectivity index (χ1n) is 5.07. The van der Waals surface area contributed by atoms with Crippen molar-refractivity contribution in [1.29, 1.82) is 5.26 Å². The minimum atomic E-state index is 0.132. The van der Waals surface area contributed by atoms with E-state index in [1.807, 2.05) is 25.1 Å². The van der Waals surface area contributed by atoms with E-state index in [0.29, 0.717) is 12.4 Å². The fourth-order valence-electron chi connectivity index (χ4n) is 1.31. The molecule has 0 fully saturated rings. The van der Waals surface area contributed by atoms with Crippen LogP contribution in [0.2, 0.25) is 0 Å². The molecule has 5 nitrogen and oxygen atoms in total. The molecular formula is C12H15N5. The summed E-state index contributed by atoms with van der Waals surface area (Å²) in [6.45, 7) is 5.80. The summed E-state index contributed by atoms with van der Waals surface area (Å²) in [5.41, 5.74) is 7.90. The predicted octanol–water partition coefficient (Wildman–Crippen LogP) is 1.17. The van der Waals surface area contributed by atoms with Gasteiger partial charge in [-0.05, 0) is 25.3 Å². The van der Waals surface area contributed by atoms with Gasteiger partial charge in [0.15, 0.2) is 5.70 Å². The number of rotatable bonds is 4. The Bertz CT molecular complexity index is 467. The van der Waals surface area contributed by atoms with Crippen molar-refractivity contribution in [2.75, 3.05) is 7.05 Å². The van der Waals surface area contributed by atoms with Gasteiger partial charge in [0.2, 0.25) is 0 Å². The Balaban J connectivity index is 2.83.